The van der Waals surface area contributed by atoms with Crippen molar-refractivity contribution in [1.82, 2.24) is 4.98 Å². The molecule has 3 heteroatoms. The maximum absolute atomic E-state index is 11.6. The van der Waals surface area contributed by atoms with Crippen molar-refractivity contribution in [3.63, 3.8) is 0 Å². The van der Waals surface area contributed by atoms with Gasteiger partial charge >= 0.3 is 5.97 Å². The zero-order valence-electron chi connectivity index (χ0n) is 13.0. The maximum atomic E-state index is 11.6. The number of carboxylic acids is 1. The Morgan fingerprint density at radius 1 is 1.24 bits per heavy atom. The van der Waals surface area contributed by atoms with Crippen LogP contribution in [0.2, 0.25) is 0 Å². The third kappa shape index (κ3) is 3.87. The van der Waals surface area contributed by atoms with Crippen molar-refractivity contribution in [2.45, 2.75) is 58.3 Å². The summed E-state index contributed by atoms with van der Waals surface area (Å²) >= 11 is 0. The third-order valence-electron chi connectivity index (χ3n) is 4.21. The monoisotopic (exact) mass is 287 g/mol. The summed E-state index contributed by atoms with van der Waals surface area (Å²) < 4.78 is 0. The largest absolute Gasteiger partial charge is 0.481 e. The second-order valence-corrected chi connectivity index (χ2v) is 5.87. The van der Waals surface area contributed by atoms with Crippen molar-refractivity contribution in [2.24, 2.45) is 0 Å². The van der Waals surface area contributed by atoms with Gasteiger partial charge in [-0.25, -0.2) is 0 Å². The summed E-state index contributed by atoms with van der Waals surface area (Å²) in [6.07, 6.45) is 8.47. The smallest absolute Gasteiger partial charge is 0.310 e. The van der Waals surface area contributed by atoms with E-state index in [1.165, 1.54) is 30.2 Å². The number of nitrogens with one attached hydrogen (secondary N) is 1. The van der Waals surface area contributed by atoms with E-state index >= 15 is 0 Å². The van der Waals surface area contributed by atoms with Gasteiger partial charge in [0.2, 0.25) is 0 Å². The molecule has 1 atom stereocenters. The van der Waals surface area contributed by atoms with Crippen LogP contribution in [0.1, 0.15) is 62.5 Å². The average molecular weight is 287 g/mol. The van der Waals surface area contributed by atoms with Gasteiger partial charge in [-0.2, -0.15) is 0 Å². The molecule has 0 saturated heterocycles. The van der Waals surface area contributed by atoms with Gasteiger partial charge in [0, 0.05) is 17.1 Å². The molecule has 0 spiro atoms. The van der Waals surface area contributed by atoms with E-state index in [4.69, 9.17) is 0 Å². The van der Waals surface area contributed by atoms with Crippen LogP contribution in [0.25, 0.3) is 10.9 Å². The zero-order valence-corrected chi connectivity index (χ0v) is 13.0. The van der Waals surface area contributed by atoms with Gasteiger partial charge in [0.15, 0.2) is 0 Å². The fourth-order valence-corrected chi connectivity index (χ4v) is 2.89. The molecule has 2 rings (SSSR count). The van der Waals surface area contributed by atoms with E-state index in [1.807, 2.05) is 24.4 Å². The van der Waals surface area contributed by atoms with E-state index in [0.717, 1.165) is 30.3 Å². The minimum Gasteiger partial charge on any atom is -0.481 e. The summed E-state index contributed by atoms with van der Waals surface area (Å²) in [6, 6.07) is 5.99. The Kier molecular flexibility index (Phi) is 5.43. The van der Waals surface area contributed by atoms with Crippen molar-refractivity contribution < 1.29 is 9.90 Å². The Bertz CT molecular complexity index is 600. The average Bonchev–Trinajstić information content (AvgIpc) is 2.83. The van der Waals surface area contributed by atoms with Crippen LogP contribution >= 0.6 is 0 Å². The number of carboxylic acid groups (broad SMARTS) is 1. The molecular formula is C18H25NO2. The molecule has 21 heavy (non-hydrogen) atoms. The van der Waals surface area contributed by atoms with Crippen molar-refractivity contribution in [3.05, 3.63) is 35.5 Å². The summed E-state index contributed by atoms with van der Waals surface area (Å²) in [5.41, 5.74) is 3.14. The summed E-state index contributed by atoms with van der Waals surface area (Å²) in [5.74, 6) is -1.10. The fourth-order valence-electron chi connectivity index (χ4n) is 2.89. The Morgan fingerprint density at radius 3 is 2.71 bits per heavy atom. The van der Waals surface area contributed by atoms with Gasteiger partial charge < -0.3 is 10.1 Å². The van der Waals surface area contributed by atoms with Crippen LogP contribution in [0.4, 0.5) is 0 Å². The van der Waals surface area contributed by atoms with Gasteiger partial charge in [-0.05, 0) is 30.5 Å². The Morgan fingerprint density at radius 2 is 2.00 bits per heavy atom. The van der Waals surface area contributed by atoms with Crippen molar-refractivity contribution in [2.75, 3.05) is 0 Å². The molecule has 0 aliphatic rings. The summed E-state index contributed by atoms with van der Waals surface area (Å²) in [4.78, 5) is 14.8. The van der Waals surface area contributed by atoms with Crippen molar-refractivity contribution >= 4 is 16.9 Å². The van der Waals surface area contributed by atoms with Crippen LogP contribution in [0.5, 0.6) is 0 Å². The lowest BCUT2D eigenvalue weighted by Crippen LogP contribution is -2.11. The molecule has 1 heterocycles. The number of rotatable bonds is 8. The Balaban J connectivity index is 2.07. The molecule has 1 aromatic heterocycles. The first-order valence-electron chi connectivity index (χ1n) is 7.94. The molecule has 0 aliphatic heterocycles. The second kappa shape index (κ2) is 7.30. The molecule has 0 saturated carbocycles. The number of aliphatic carboxylic acids is 1. The molecule has 0 fully saturated rings. The first-order chi connectivity index (χ1) is 10.1. The van der Waals surface area contributed by atoms with Gasteiger partial charge in [0.25, 0.3) is 0 Å². The summed E-state index contributed by atoms with van der Waals surface area (Å²) in [7, 11) is 0. The quantitative estimate of drug-likeness (QED) is 0.671. The lowest BCUT2D eigenvalue weighted by molar-refractivity contribution is -0.139. The lowest BCUT2D eigenvalue weighted by Gasteiger charge is -2.13. The molecule has 2 aromatic rings. The van der Waals surface area contributed by atoms with Gasteiger partial charge in [-0.3, -0.25) is 4.79 Å². The van der Waals surface area contributed by atoms with Crippen LogP contribution < -0.4 is 0 Å². The predicted molar refractivity (Wildman–Crippen MR) is 86.8 cm³/mol. The van der Waals surface area contributed by atoms with Gasteiger partial charge in [0.1, 0.15) is 0 Å². The molecule has 1 aromatic carbocycles. The van der Waals surface area contributed by atoms with Crippen LogP contribution in [0, 0.1) is 6.92 Å². The zero-order chi connectivity index (χ0) is 15.2. The van der Waals surface area contributed by atoms with Gasteiger partial charge in [-0.15, -0.1) is 0 Å². The fraction of sp³-hybridized carbons (Fsp3) is 0.500. The van der Waals surface area contributed by atoms with E-state index < -0.39 is 5.97 Å². The molecule has 1 unspecified atom stereocenters. The molecule has 114 valence electrons. The molecule has 0 aliphatic carbocycles. The normalized spacial score (nSPS) is 12.7. The molecule has 3 nitrogen and oxygen atoms in total. The molecule has 0 amide bonds. The predicted octanol–water partition coefficient (Wildman–Crippen LogP) is 5.01. The number of fused-ring (bicyclic) bond motifs is 1. The Hall–Kier alpha value is -1.77. The highest BCUT2D eigenvalue weighted by Crippen LogP contribution is 2.27. The van der Waals surface area contributed by atoms with Gasteiger partial charge in [0.05, 0.1) is 5.92 Å². The van der Waals surface area contributed by atoms with E-state index in [1.54, 1.807) is 0 Å². The minimum atomic E-state index is -0.715. The van der Waals surface area contributed by atoms with E-state index in [0.29, 0.717) is 0 Å². The molecule has 0 bridgehead atoms. The second-order valence-electron chi connectivity index (χ2n) is 5.87. The van der Waals surface area contributed by atoms with Crippen LogP contribution in [-0.4, -0.2) is 16.1 Å². The first-order valence-corrected chi connectivity index (χ1v) is 7.94. The highest BCUT2D eigenvalue weighted by atomic mass is 16.4. The minimum absolute atomic E-state index is 0.389. The van der Waals surface area contributed by atoms with Crippen LogP contribution in [0.3, 0.4) is 0 Å². The number of unbranched alkanes of at least 4 members (excludes halogenated alkanes) is 4. The first kappa shape index (κ1) is 15.6. The number of aromatic nitrogens is 1. The molecule has 0 radical (unpaired) electrons. The topological polar surface area (TPSA) is 53.1 Å². The van der Waals surface area contributed by atoms with E-state index in [9.17, 15) is 9.90 Å². The van der Waals surface area contributed by atoms with Crippen LogP contribution in [-0.2, 0) is 4.79 Å². The highest BCUT2D eigenvalue weighted by molar-refractivity contribution is 5.85. The number of hydrogen-bond donors (Lipinski definition) is 2. The standard InChI is InChI=1S/C18H25NO2/c1-3-4-5-6-7-8-16(18(20)21)14-9-10-15-13(2)12-19-17(15)11-14/h9-12,16,19H,3-8H2,1-2H3,(H,20,21). The van der Waals surface area contributed by atoms with E-state index in [-0.39, 0.29) is 5.92 Å². The maximum Gasteiger partial charge on any atom is 0.310 e. The number of H-pyrrole nitrogens is 1. The van der Waals surface area contributed by atoms with E-state index in [2.05, 4.69) is 18.8 Å². The van der Waals surface area contributed by atoms with Crippen molar-refractivity contribution in [3.8, 4) is 0 Å². The van der Waals surface area contributed by atoms with Crippen molar-refractivity contribution in [1.29, 1.82) is 0 Å². The van der Waals surface area contributed by atoms with Crippen LogP contribution in [0.15, 0.2) is 24.4 Å². The molecular weight excluding hydrogens is 262 g/mol. The number of benzene rings is 1. The number of aromatic amines is 1. The number of hydrogen-bond acceptors (Lipinski definition) is 1. The summed E-state index contributed by atoms with van der Waals surface area (Å²) in [5, 5.41) is 10.7. The van der Waals surface area contributed by atoms with Gasteiger partial charge in [-0.1, -0.05) is 51.2 Å². The SMILES string of the molecule is CCCCCCCC(C(=O)O)c1ccc2c(C)c[nH]c2c1. The number of aryl methyl sites for hydroxylation is 1. The highest BCUT2D eigenvalue weighted by Gasteiger charge is 2.19. The summed E-state index contributed by atoms with van der Waals surface area (Å²) in [6.45, 7) is 4.24. The lowest BCUT2D eigenvalue weighted by atomic mass is 9.92. The number of carbonyl (C=O) groups is 1. The third-order valence-corrected chi connectivity index (χ3v) is 4.21. The molecule has 2 N–H and O–H groups in total. The Labute approximate surface area is 126 Å².